The molecule has 2 aliphatic rings. The van der Waals surface area contributed by atoms with Gasteiger partial charge in [0.25, 0.3) is 0 Å². The van der Waals surface area contributed by atoms with Crippen LogP contribution in [-0.2, 0) is 0 Å². The van der Waals surface area contributed by atoms with Crippen molar-refractivity contribution in [2.24, 2.45) is 0 Å². The predicted octanol–water partition coefficient (Wildman–Crippen LogP) is 4.62. The van der Waals surface area contributed by atoms with Gasteiger partial charge >= 0.3 is 6.92 Å². The van der Waals surface area contributed by atoms with Crippen LogP contribution >= 0.6 is 0 Å². The number of para-hydroxylation sites is 2. The van der Waals surface area contributed by atoms with Crippen molar-refractivity contribution >= 4 is 17.8 Å². The van der Waals surface area contributed by atoms with Gasteiger partial charge in [-0.25, -0.2) is 0 Å². The lowest BCUT2D eigenvalue weighted by molar-refractivity contribution is 0.479. The Bertz CT molecular complexity index is 1180. The summed E-state index contributed by atoms with van der Waals surface area (Å²) in [5, 5.41) is 0. The molecule has 0 amide bonds. The second-order valence-corrected chi connectivity index (χ2v) is 6.94. The van der Waals surface area contributed by atoms with Gasteiger partial charge in [0.05, 0.1) is 0 Å². The molecule has 2 nitrogen and oxygen atoms in total. The van der Waals surface area contributed by atoms with Crippen LogP contribution in [0.5, 0.6) is 17.2 Å². The lowest BCUT2D eigenvalue weighted by Gasteiger charge is -2.33. The van der Waals surface area contributed by atoms with Crippen LogP contribution in [0.2, 0.25) is 0 Å². The SMILES string of the molecule is c1ccc(-c2cc3c4c(c2)-c2ccccc2OB4c2ccccc2O3)cc1. The zero-order valence-corrected chi connectivity index (χ0v) is 14.6. The molecule has 2 aliphatic heterocycles. The first kappa shape index (κ1) is 14.7. The van der Waals surface area contributed by atoms with E-state index in [0.717, 1.165) is 39.3 Å². The smallest absolute Gasteiger partial charge is 0.434 e. The van der Waals surface area contributed by atoms with Gasteiger partial charge < -0.3 is 9.39 Å². The summed E-state index contributed by atoms with van der Waals surface area (Å²) in [5.74, 6) is 2.66. The maximum atomic E-state index is 6.43. The van der Waals surface area contributed by atoms with E-state index in [1.165, 1.54) is 11.1 Å². The number of hydrogen-bond donors (Lipinski definition) is 0. The summed E-state index contributed by atoms with van der Waals surface area (Å²) in [6, 6.07) is 31.2. The third-order valence-electron chi connectivity index (χ3n) is 5.35. The molecule has 2 heterocycles. The van der Waals surface area contributed by atoms with E-state index < -0.39 is 0 Å². The van der Waals surface area contributed by atoms with E-state index in [9.17, 15) is 0 Å². The molecule has 0 aliphatic carbocycles. The first-order chi connectivity index (χ1) is 13.4. The summed E-state index contributed by atoms with van der Waals surface area (Å²) in [6.45, 7) is -0.139. The Morgan fingerprint density at radius 2 is 1.30 bits per heavy atom. The fourth-order valence-electron chi connectivity index (χ4n) is 4.11. The first-order valence-corrected chi connectivity index (χ1v) is 9.15. The third-order valence-corrected chi connectivity index (χ3v) is 5.35. The van der Waals surface area contributed by atoms with Crippen molar-refractivity contribution < 1.29 is 9.39 Å². The van der Waals surface area contributed by atoms with Gasteiger partial charge in [-0.2, -0.15) is 0 Å². The summed E-state index contributed by atoms with van der Waals surface area (Å²) in [4.78, 5) is 0. The van der Waals surface area contributed by atoms with Gasteiger partial charge in [-0.15, -0.1) is 0 Å². The highest BCUT2D eigenvalue weighted by atomic mass is 16.5. The Morgan fingerprint density at radius 1 is 0.556 bits per heavy atom. The third kappa shape index (κ3) is 2.15. The minimum Gasteiger partial charge on any atom is -0.551 e. The van der Waals surface area contributed by atoms with E-state index >= 15 is 0 Å². The van der Waals surface area contributed by atoms with Crippen LogP contribution in [0, 0.1) is 0 Å². The normalized spacial score (nSPS) is 13.0. The molecule has 0 unspecified atom stereocenters. The van der Waals surface area contributed by atoms with E-state index in [1.807, 2.05) is 36.4 Å². The van der Waals surface area contributed by atoms with Gasteiger partial charge in [-0.05, 0) is 41.0 Å². The Balaban J connectivity index is 1.66. The molecule has 3 heteroatoms. The second-order valence-electron chi connectivity index (χ2n) is 6.94. The number of hydrogen-bond acceptors (Lipinski definition) is 2. The average Bonchev–Trinajstić information content (AvgIpc) is 2.74. The van der Waals surface area contributed by atoms with Crippen molar-refractivity contribution in [3.63, 3.8) is 0 Å². The molecule has 0 aromatic heterocycles. The van der Waals surface area contributed by atoms with E-state index in [4.69, 9.17) is 9.39 Å². The number of rotatable bonds is 1. The molecule has 4 aromatic carbocycles. The van der Waals surface area contributed by atoms with Gasteiger partial charge in [0, 0.05) is 16.5 Å². The zero-order valence-electron chi connectivity index (χ0n) is 14.6. The van der Waals surface area contributed by atoms with Gasteiger partial charge in [0.2, 0.25) is 0 Å². The molecular weight excluding hydrogens is 331 g/mol. The van der Waals surface area contributed by atoms with Crippen molar-refractivity contribution in [1.29, 1.82) is 0 Å². The number of ether oxygens (including phenoxy) is 1. The number of fused-ring (bicyclic) bond motifs is 4. The molecule has 27 heavy (non-hydrogen) atoms. The zero-order chi connectivity index (χ0) is 17.8. The standard InChI is InChI=1S/C24H15BO2/c1-2-8-16(9-3-1)17-14-19-18-10-4-6-12-21(18)27-25-20-11-5-7-13-22(20)26-23(15-17)24(19)25/h1-15H. The summed E-state index contributed by atoms with van der Waals surface area (Å²) < 4.78 is 12.8. The Hall–Kier alpha value is -3.46. The first-order valence-electron chi connectivity index (χ1n) is 9.15. The second kappa shape index (κ2) is 5.52. The van der Waals surface area contributed by atoms with Gasteiger partial charge in [0.15, 0.2) is 0 Å². The summed E-state index contributed by atoms with van der Waals surface area (Å²) in [6.07, 6.45) is 0. The van der Waals surface area contributed by atoms with Crippen LogP contribution in [0.25, 0.3) is 22.3 Å². The van der Waals surface area contributed by atoms with E-state index in [1.54, 1.807) is 0 Å². The molecular formula is C24H15BO2. The van der Waals surface area contributed by atoms with Gasteiger partial charge in [0.1, 0.15) is 17.2 Å². The summed E-state index contributed by atoms with van der Waals surface area (Å²) >= 11 is 0. The monoisotopic (exact) mass is 346 g/mol. The Labute approximate surface area is 158 Å². The van der Waals surface area contributed by atoms with Crippen molar-refractivity contribution in [1.82, 2.24) is 0 Å². The highest BCUT2D eigenvalue weighted by molar-refractivity contribution is 6.84. The average molecular weight is 346 g/mol. The fraction of sp³-hybridized carbons (Fsp3) is 0. The number of benzene rings is 4. The molecule has 0 N–H and O–H groups in total. The van der Waals surface area contributed by atoms with Crippen molar-refractivity contribution in [3.05, 3.63) is 91.0 Å². The topological polar surface area (TPSA) is 18.5 Å². The lowest BCUT2D eigenvalue weighted by Crippen LogP contribution is -2.53. The summed E-state index contributed by atoms with van der Waals surface area (Å²) in [5.41, 5.74) is 6.83. The highest BCUT2D eigenvalue weighted by Crippen LogP contribution is 2.41. The lowest BCUT2D eigenvalue weighted by atomic mass is 9.50. The molecule has 126 valence electrons. The maximum Gasteiger partial charge on any atom is 0.434 e. The fourth-order valence-corrected chi connectivity index (χ4v) is 4.11. The molecule has 0 fully saturated rings. The quantitative estimate of drug-likeness (QED) is 0.468. The molecule has 0 saturated carbocycles. The Morgan fingerprint density at radius 3 is 2.19 bits per heavy atom. The molecule has 0 saturated heterocycles. The van der Waals surface area contributed by atoms with Crippen molar-refractivity contribution in [2.45, 2.75) is 0 Å². The largest absolute Gasteiger partial charge is 0.551 e. The molecule has 0 bridgehead atoms. The molecule has 4 aromatic rings. The van der Waals surface area contributed by atoms with E-state index in [0.29, 0.717) is 0 Å². The molecule has 0 radical (unpaired) electrons. The van der Waals surface area contributed by atoms with Crippen LogP contribution in [0.1, 0.15) is 0 Å². The predicted molar refractivity (Wildman–Crippen MR) is 109 cm³/mol. The minimum atomic E-state index is -0.139. The van der Waals surface area contributed by atoms with Crippen LogP contribution in [-0.4, -0.2) is 6.92 Å². The minimum absolute atomic E-state index is 0.139. The van der Waals surface area contributed by atoms with E-state index in [-0.39, 0.29) is 6.92 Å². The molecule has 0 spiro atoms. The van der Waals surface area contributed by atoms with Crippen LogP contribution in [0.3, 0.4) is 0 Å². The summed E-state index contributed by atoms with van der Waals surface area (Å²) in [7, 11) is 0. The highest BCUT2D eigenvalue weighted by Gasteiger charge is 2.40. The van der Waals surface area contributed by atoms with Gasteiger partial charge in [-0.3, -0.25) is 0 Å². The maximum absolute atomic E-state index is 6.43. The van der Waals surface area contributed by atoms with Crippen molar-refractivity contribution in [3.8, 4) is 39.5 Å². The van der Waals surface area contributed by atoms with E-state index in [2.05, 4.69) is 54.6 Å². The van der Waals surface area contributed by atoms with Crippen LogP contribution < -0.4 is 20.3 Å². The molecule has 0 atom stereocenters. The van der Waals surface area contributed by atoms with Gasteiger partial charge in [-0.1, -0.05) is 66.7 Å². The molecule has 6 rings (SSSR count). The van der Waals surface area contributed by atoms with Crippen molar-refractivity contribution in [2.75, 3.05) is 0 Å². The van der Waals surface area contributed by atoms with Crippen LogP contribution in [0.4, 0.5) is 0 Å². The Kier molecular flexibility index (Phi) is 3.00. The van der Waals surface area contributed by atoms with Crippen LogP contribution in [0.15, 0.2) is 91.0 Å².